The second-order valence-electron chi connectivity index (χ2n) is 7.57. The van der Waals surface area contributed by atoms with Crippen molar-refractivity contribution in [3.63, 3.8) is 0 Å². The average Bonchev–Trinajstić information content (AvgIpc) is 2.99. The molecule has 2 rings (SSSR count). The van der Waals surface area contributed by atoms with Crippen LogP contribution < -0.4 is 5.32 Å². The minimum atomic E-state index is 0. The highest BCUT2D eigenvalue weighted by Crippen LogP contribution is 2.35. The van der Waals surface area contributed by atoms with Crippen molar-refractivity contribution in [3.8, 4) is 0 Å². The molecule has 1 saturated carbocycles. The summed E-state index contributed by atoms with van der Waals surface area (Å²) in [6, 6.07) is 0. The Balaban J connectivity index is 0.00000312. The number of aliphatic imine (C=N–C) groups is 1. The number of hydrogen-bond donors (Lipinski definition) is 1. The van der Waals surface area contributed by atoms with E-state index in [2.05, 4.69) is 43.1 Å². The van der Waals surface area contributed by atoms with Crippen LogP contribution in [0.3, 0.4) is 0 Å². The number of guanidine groups is 1. The van der Waals surface area contributed by atoms with E-state index < -0.39 is 0 Å². The number of fused-ring (bicyclic) bond motifs is 1. The first-order valence-corrected chi connectivity index (χ1v) is 9.93. The number of ether oxygens (including phenoxy) is 1. The third kappa shape index (κ3) is 7.59. The zero-order valence-electron chi connectivity index (χ0n) is 16.7. The van der Waals surface area contributed by atoms with Crippen LogP contribution in [0.1, 0.15) is 46.0 Å². The molecule has 0 radical (unpaired) electrons. The van der Waals surface area contributed by atoms with Crippen LogP contribution >= 0.6 is 24.0 Å². The third-order valence-electron chi connectivity index (χ3n) is 5.36. The summed E-state index contributed by atoms with van der Waals surface area (Å²) in [7, 11) is 4.23. The summed E-state index contributed by atoms with van der Waals surface area (Å²) in [4.78, 5) is 9.65. The average molecular weight is 466 g/mol. The molecule has 148 valence electrons. The van der Waals surface area contributed by atoms with Gasteiger partial charge in [-0.05, 0) is 59.0 Å². The number of nitrogens with zero attached hydrogens (tertiary/aromatic N) is 3. The molecule has 1 N–H and O–H groups in total. The lowest BCUT2D eigenvalue weighted by molar-refractivity contribution is 0.0581. The van der Waals surface area contributed by atoms with Gasteiger partial charge in [-0.25, -0.2) is 0 Å². The SMILES string of the molecule is CCNC(=NCC(CCN(C)C)OCC)N1CC2CCCCC2C1.I. The molecule has 2 fully saturated rings. The molecule has 0 spiro atoms. The van der Waals surface area contributed by atoms with Gasteiger partial charge in [0.25, 0.3) is 0 Å². The Bertz CT molecular complexity index is 378. The first-order chi connectivity index (χ1) is 11.6. The largest absolute Gasteiger partial charge is 0.377 e. The molecule has 25 heavy (non-hydrogen) atoms. The molecule has 0 aromatic carbocycles. The molecule has 0 bridgehead atoms. The Morgan fingerprint density at radius 2 is 1.84 bits per heavy atom. The maximum atomic E-state index is 5.90. The van der Waals surface area contributed by atoms with E-state index in [9.17, 15) is 0 Å². The van der Waals surface area contributed by atoms with E-state index >= 15 is 0 Å². The fraction of sp³-hybridized carbons (Fsp3) is 0.947. The summed E-state index contributed by atoms with van der Waals surface area (Å²) in [5.41, 5.74) is 0. The van der Waals surface area contributed by atoms with Crippen molar-refractivity contribution in [2.75, 3.05) is 53.4 Å². The zero-order valence-corrected chi connectivity index (χ0v) is 19.0. The smallest absolute Gasteiger partial charge is 0.194 e. The Labute approximate surface area is 172 Å². The van der Waals surface area contributed by atoms with Crippen molar-refractivity contribution in [1.82, 2.24) is 15.1 Å². The molecule has 0 aromatic heterocycles. The van der Waals surface area contributed by atoms with Gasteiger partial charge in [0, 0.05) is 32.8 Å². The van der Waals surface area contributed by atoms with Crippen LogP contribution in [-0.4, -0.2) is 75.3 Å². The van der Waals surface area contributed by atoms with Crippen LogP contribution in [-0.2, 0) is 4.74 Å². The summed E-state index contributed by atoms with van der Waals surface area (Å²) in [6.07, 6.45) is 6.90. The van der Waals surface area contributed by atoms with Gasteiger partial charge in [0.15, 0.2) is 5.96 Å². The lowest BCUT2D eigenvalue weighted by Crippen LogP contribution is -2.41. The van der Waals surface area contributed by atoms with Crippen molar-refractivity contribution in [2.45, 2.75) is 52.1 Å². The Morgan fingerprint density at radius 1 is 1.20 bits per heavy atom. The van der Waals surface area contributed by atoms with Gasteiger partial charge in [-0.3, -0.25) is 4.99 Å². The molecule has 3 atom stereocenters. The Kier molecular flexibility index (Phi) is 11.3. The van der Waals surface area contributed by atoms with Crippen LogP contribution in [0.2, 0.25) is 0 Å². The van der Waals surface area contributed by atoms with Crippen molar-refractivity contribution in [2.24, 2.45) is 16.8 Å². The minimum absolute atomic E-state index is 0. The normalized spacial score (nSPS) is 24.8. The number of halogens is 1. The maximum absolute atomic E-state index is 5.90. The molecule has 2 aliphatic rings. The summed E-state index contributed by atoms with van der Waals surface area (Å²) >= 11 is 0. The second kappa shape index (κ2) is 12.3. The Hall–Kier alpha value is -0.0800. The molecule has 0 amide bonds. The monoisotopic (exact) mass is 466 g/mol. The highest BCUT2D eigenvalue weighted by Gasteiger charge is 2.35. The van der Waals surface area contributed by atoms with Crippen molar-refractivity contribution in [1.29, 1.82) is 0 Å². The van der Waals surface area contributed by atoms with E-state index in [0.717, 1.165) is 50.5 Å². The molecular weight excluding hydrogens is 427 g/mol. The molecule has 1 saturated heterocycles. The zero-order chi connectivity index (χ0) is 17.4. The highest BCUT2D eigenvalue weighted by molar-refractivity contribution is 14.0. The van der Waals surface area contributed by atoms with Gasteiger partial charge in [-0.1, -0.05) is 12.8 Å². The van der Waals surface area contributed by atoms with Gasteiger partial charge < -0.3 is 19.9 Å². The Morgan fingerprint density at radius 3 is 2.36 bits per heavy atom. The van der Waals surface area contributed by atoms with E-state index in [-0.39, 0.29) is 30.1 Å². The first kappa shape index (κ1) is 23.0. The second-order valence-corrected chi connectivity index (χ2v) is 7.57. The van der Waals surface area contributed by atoms with E-state index in [1.165, 1.54) is 38.8 Å². The molecule has 1 heterocycles. The standard InChI is InChI=1S/C19H38N4O.HI/c1-5-20-19(21-13-18(24-6-2)11-12-22(3)4)23-14-16-9-7-8-10-17(16)15-23;/h16-18H,5-15H2,1-4H3,(H,20,21);1H. The molecule has 1 aliphatic heterocycles. The van der Waals surface area contributed by atoms with E-state index in [1.54, 1.807) is 0 Å². The lowest BCUT2D eigenvalue weighted by Gasteiger charge is -2.23. The van der Waals surface area contributed by atoms with Crippen LogP contribution in [0.4, 0.5) is 0 Å². The fourth-order valence-corrected chi connectivity index (χ4v) is 4.06. The predicted octanol–water partition coefficient (Wildman–Crippen LogP) is 3.05. The molecule has 6 heteroatoms. The molecule has 3 unspecified atom stereocenters. The van der Waals surface area contributed by atoms with Crippen molar-refractivity contribution in [3.05, 3.63) is 0 Å². The number of likely N-dealkylation sites (tertiary alicyclic amines) is 1. The van der Waals surface area contributed by atoms with Gasteiger partial charge >= 0.3 is 0 Å². The topological polar surface area (TPSA) is 40.1 Å². The van der Waals surface area contributed by atoms with Gasteiger partial charge in [-0.2, -0.15) is 0 Å². The number of nitrogens with one attached hydrogen (secondary N) is 1. The van der Waals surface area contributed by atoms with Crippen LogP contribution in [0, 0.1) is 11.8 Å². The van der Waals surface area contributed by atoms with E-state index in [1.807, 2.05) is 0 Å². The van der Waals surface area contributed by atoms with E-state index in [4.69, 9.17) is 9.73 Å². The molecular formula is C19H39IN4O. The third-order valence-corrected chi connectivity index (χ3v) is 5.36. The maximum Gasteiger partial charge on any atom is 0.194 e. The summed E-state index contributed by atoms with van der Waals surface area (Å²) in [6.45, 7) is 10.1. The van der Waals surface area contributed by atoms with Gasteiger partial charge in [-0.15, -0.1) is 24.0 Å². The number of hydrogen-bond acceptors (Lipinski definition) is 3. The van der Waals surface area contributed by atoms with Gasteiger partial charge in [0.05, 0.1) is 12.6 Å². The quantitative estimate of drug-likeness (QED) is 0.339. The highest BCUT2D eigenvalue weighted by atomic mass is 127. The van der Waals surface area contributed by atoms with Crippen LogP contribution in [0.25, 0.3) is 0 Å². The molecule has 0 aromatic rings. The fourth-order valence-electron chi connectivity index (χ4n) is 4.06. The summed E-state index contributed by atoms with van der Waals surface area (Å²) in [5, 5.41) is 3.51. The minimum Gasteiger partial charge on any atom is -0.377 e. The molecule has 5 nitrogen and oxygen atoms in total. The van der Waals surface area contributed by atoms with Crippen molar-refractivity contribution < 1.29 is 4.74 Å². The predicted molar refractivity (Wildman–Crippen MR) is 117 cm³/mol. The van der Waals surface area contributed by atoms with E-state index in [0.29, 0.717) is 0 Å². The first-order valence-electron chi connectivity index (χ1n) is 9.93. The van der Waals surface area contributed by atoms with Crippen LogP contribution in [0.5, 0.6) is 0 Å². The summed E-state index contributed by atoms with van der Waals surface area (Å²) < 4.78 is 5.90. The van der Waals surface area contributed by atoms with Crippen LogP contribution in [0.15, 0.2) is 4.99 Å². The summed E-state index contributed by atoms with van der Waals surface area (Å²) in [5.74, 6) is 2.87. The number of rotatable bonds is 8. The van der Waals surface area contributed by atoms with Gasteiger partial charge in [0.1, 0.15) is 0 Å². The van der Waals surface area contributed by atoms with Crippen molar-refractivity contribution >= 4 is 29.9 Å². The lowest BCUT2D eigenvalue weighted by atomic mass is 9.82. The van der Waals surface area contributed by atoms with Gasteiger partial charge in [0.2, 0.25) is 0 Å². The molecule has 1 aliphatic carbocycles.